The van der Waals surface area contributed by atoms with Crippen LogP contribution in [-0.4, -0.2) is 45.2 Å². The third kappa shape index (κ3) is 8.12. The minimum absolute atomic E-state index is 0.0120. The van der Waals surface area contributed by atoms with Crippen LogP contribution >= 0.6 is 0 Å². The molecule has 0 saturated heterocycles. The molecule has 1 amide bonds. The number of ether oxygens (including phenoxy) is 1. The lowest BCUT2D eigenvalue weighted by Gasteiger charge is -2.46. The number of rotatable bonds is 7. The van der Waals surface area contributed by atoms with Crippen LogP contribution in [0, 0.1) is 17.0 Å². The number of hydrogen-bond acceptors (Lipinski definition) is 5. The minimum Gasteiger partial charge on any atom is -0.410 e. The van der Waals surface area contributed by atoms with Crippen molar-refractivity contribution in [1.29, 1.82) is 0 Å². The van der Waals surface area contributed by atoms with Crippen LogP contribution < -0.4 is 4.74 Å². The van der Waals surface area contributed by atoms with Gasteiger partial charge >= 0.3 is 6.09 Å². The van der Waals surface area contributed by atoms with E-state index in [1.54, 1.807) is 17.0 Å². The Kier molecular flexibility index (Phi) is 11.0. The van der Waals surface area contributed by atoms with Gasteiger partial charge in [0.15, 0.2) is 17.4 Å². The van der Waals surface area contributed by atoms with Crippen LogP contribution in [-0.2, 0) is 13.0 Å². The van der Waals surface area contributed by atoms with Gasteiger partial charge in [-0.3, -0.25) is 4.79 Å². The summed E-state index contributed by atoms with van der Waals surface area (Å²) in [4.78, 5) is 30.0. The Bertz CT molecular complexity index is 2240. The maximum absolute atomic E-state index is 14.5. The second-order valence-corrected chi connectivity index (χ2v) is 15.6. The summed E-state index contributed by atoms with van der Waals surface area (Å²) in [6, 6.07) is 31.7. The van der Waals surface area contributed by atoms with E-state index in [0.29, 0.717) is 61.8 Å². The molecular weight excluding hydrogens is 697 g/mol. The average molecular weight is 744 g/mol. The number of halogens is 2. The Hall–Kier alpha value is -5.18. The van der Waals surface area contributed by atoms with Crippen molar-refractivity contribution in [2.24, 2.45) is 5.41 Å². The Morgan fingerprint density at radius 3 is 2.40 bits per heavy atom. The molecule has 55 heavy (non-hydrogen) atoms. The van der Waals surface area contributed by atoms with Crippen molar-refractivity contribution in [2.45, 2.75) is 83.0 Å². The highest BCUT2D eigenvalue weighted by atomic mass is 19.2. The van der Waals surface area contributed by atoms with E-state index in [1.807, 2.05) is 85.8 Å². The maximum atomic E-state index is 14.5. The quantitative estimate of drug-likeness (QED) is 0.128. The fraction of sp³-hybridized carbons (Fsp3) is 0.319. The van der Waals surface area contributed by atoms with Gasteiger partial charge in [0.05, 0.1) is 18.2 Å². The summed E-state index contributed by atoms with van der Waals surface area (Å²) in [5, 5.41) is 25.9. The molecule has 3 aliphatic rings. The molecule has 0 aromatic heterocycles. The Morgan fingerprint density at radius 2 is 1.62 bits per heavy atom. The second kappa shape index (κ2) is 15.9. The Morgan fingerprint density at radius 1 is 0.855 bits per heavy atom. The molecule has 6 nitrogen and oxygen atoms in total. The summed E-state index contributed by atoms with van der Waals surface area (Å²) in [7, 11) is 0. The van der Waals surface area contributed by atoms with Crippen molar-refractivity contribution in [3.63, 3.8) is 0 Å². The number of nitrogens with zero attached hydrogens (tertiary/aromatic N) is 1. The molecular formula is C47H47F2NO5. The lowest BCUT2D eigenvalue weighted by molar-refractivity contribution is -0.0802. The number of benzene rings is 5. The number of aliphatic hydroxyl groups excluding tert-OH is 1. The molecule has 284 valence electrons. The van der Waals surface area contributed by atoms with Crippen molar-refractivity contribution in [1.82, 2.24) is 4.90 Å². The van der Waals surface area contributed by atoms with Crippen molar-refractivity contribution >= 4 is 22.6 Å². The molecule has 1 fully saturated rings. The van der Waals surface area contributed by atoms with Crippen molar-refractivity contribution in [2.75, 3.05) is 6.54 Å². The van der Waals surface area contributed by atoms with E-state index in [4.69, 9.17) is 4.74 Å². The minimum atomic E-state index is -1.41. The Labute approximate surface area is 321 Å². The standard InChI is InChI=1S/C47H47F2NO5/c1-31-9-8-23-46(2)41(39-20-15-33(25-37(51)18-14-31)26-40(39)44(52)36-17-21-42(48)43(49)28-36)22-24-47(46,54)30-50(29-32-10-4-3-5-11-32)45(53)55-38-19-16-34-12-6-7-13-35(34)27-38/h3-7,9-13,15-17,19-21,26-28,37,41,51,54H,8,14,18,22-25,29-30H2,1-2H3/t37-,41-,46-,47+/m0/s1. The van der Waals surface area contributed by atoms with Crippen molar-refractivity contribution < 1.29 is 33.3 Å². The summed E-state index contributed by atoms with van der Waals surface area (Å²) in [5.41, 5.74) is 1.54. The molecule has 4 atom stereocenters. The summed E-state index contributed by atoms with van der Waals surface area (Å²) in [6.45, 7) is 4.27. The molecule has 8 rings (SSSR count). The summed E-state index contributed by atoms with van der Waals surface area (Å²) < 4.78 is 34.5. The fourth-order valence-electron chi connectivity index (χ4n) is 8.69. The zero-order valence-electron chi connectivity index (χ0n) is 31.3. The summed E-state index contributed by atoms with van der Waals surface area (Å²) in [6.07, 6.45) is 4.50. The predicted octanol–water partition coefficient (Wildman–Crippen LogP) is 10.1. The van der Waals surface area contributed by atoms with E-state index in [2.05, 4.69) is 13.0 Å². The van der Waals surface area contributed by atoms with Gasteiger partial charge in [0.25, 0.3) is 0 Å². The van der Waals surface area contributed by atoms with Crippen molar-refractivity contribution in [3.05, 3.63) is 160 Å². The largest absolute Gasteiger partial charge is 0.415 e. The van der Waals surface area contributed by atoms with Crippen LogP contribution in [0.5, 0.6) is 5.75 Å². The summed E-state index contributed by atoms with van der Waals surface area (Å²) in [5.74, 6) is -2.56. The number of carbonyl (C=O) groups is 2. The number of ketones is 1. The van der Waals surface area contributed by atoms with Crippen LogP contribution in [0.2, 0.25) is 0 Å². The van der Waals surface area contributed by atoms with Crippen LogP contribution in [0.3, 0.4) is 0 Å². The Balaban J connectivity index is 1.28. The van der Waals surface area contributed by atoms with Gasteiger partial charge in [-0.2, -0.15) is 0 Å². The van der Waals surface area contributed by atoms with Crippen molar-refractivity contribution in [3.8, 4) is 5.75 Å². The molecule has 0 heterocycles. The van der Waals surface area contributed by atoms with Gasteiger partial charge in [0, 0.05) is 23.1 Å². The molecule has 8 heteroatoms. The van der Waals surface area contributed by atoms with Gasteiger partial charge in [0.2, 0.25) is 0 Å². The first kappa shape index (κ1) is 38.1. The highest BCUT2D eigenvalue weighted by Crippen LogP contribution is 2.59. The van der Waals surface area contributed by atoms with Gasteiger partial charge in [-0.05, 0) is 122 Å². The third-order valence-electron chi connectivity index (χ3n) is 12.0. The molecule has 2 bridgehead atoms. The van der Waals surface area contributed by atoms with E-state index in [9.17, 15) is 28.6 Å². The molecule has 0 aliphatic heterocycles. The number of aliphatic hydroxyl groups is 2. The first-order valence-electron chi connectivity index (χ1n) is 19.1. The van der Waals surface area contributed by atoms with Gasteiger partial charge in [-0.15, -0.1) is 0 Å². The normalized spacial score (nSPS) is 22.8. The smallest absolute Gasteiger partial charge is 0.410 e. The second-order valence-electron chi connectivity index (χ2n) is 15.6. The molecule has 0 unspecified atom stereocenters. The predicted molar refractivity (Wildman–Crippen MR) is 210 cm³/mol. The zero-order valence-corrected chi connectivity index (χ0v) is 31.3. The lowest BCUT2D eigenvalue weighted by Crippen LogP contribution is -2.54. The topological polar surface area (TPSA) is 87.1 Å². The molecule has 5 aromatic carbocycles. The summed E-state index contributed by atoms with van der Waals surface area (Å²) >= 11 is 0. The van der Waals surface area contributed by atoms with Crippen LogP contribution in [0.4, 0.5) is 13.6 Å². The average Bonchev–Trinajstić information content (AvgIpc) is 3.43. The number of hydrogen-bond donors (Lipinski definition) is 2. The van der Waals surface area contributed by atoms with Crippen LogP contribution in [0.1, 0.15) is 90.9 Å². The van der Waals surface area contributed by atoms with E-state index >= 15 is 0 Å². The number of carbonyl (C=O) groups excluding carboxylic acids is 2. The fourth-order valence-corrected chi connectivity index (χ4v) is 8.69. The van der Waals surface area contributed by atoms with E-state index in [0.717, 1.165) is 39.6 Å². The van der Waals surface area contributed by atoms with E-state index < -0.39 is 40.6 Å². The number of allylic oxidation sites excluding steroid dienone is 2. The molecule has 5 aromatic rings. The lowest BCUT2D eigenvalue weighted by atomic mass is 9.64. The first-order chi connectivity index (χ1) is 26.4. The maximum Gasteiger partial charge on any atom is 0.415 e. The molecule has 3 aliphatic carbocycles. The van der Waals surface area contributed by atoms with E-state index in [-0.39, 0.29) is 24.6 Å². The number of amides is 1. The first-order valence-corrected chi connectivity index (χ1v) is 19.1. The SMILES string of the molecule is CC1=CCC[C@@]2(C)[C@@H](CC[C@@]2(O)CN(Cc2ccccc2)C(=O)Oc2ccc3ccccc3c2)c2ccc(cc2C(=O)c2ccc(F)c(F)c2)C[C@@H](O)CC1. The highest BCUT2D eigenvalue weighted by molar-refractivity contribution is 6.10. The molecule has 0 radical (unpaired) electrons. The number of fused-ring (bicyclic) bond motifs is 9. The highest BCUT2D eigenvalue weighted by Gasteiger charge is 2.58. The van der Waals surface area contributed by atoms with Gasteiger partial charge in [-0.25, -0.2) is 13.6 Å². The van der Waals surface area contributed by atoms with Crippen LogP contribution in [0.25, 0.3) is 10.8 Å². The monoisotopic (exact) mass is 743 g/mol. The molecule has 2 N–H and O–H groups in total. The van der Waals surface area contributed by atoms with Gasteiger partial charge in [-0.1, -0.05) is 91.4 Å². The van der Waals surface area contributed by atoms with Gasteiger partial charge < -0.3 is 19.8 Å². The van der Waals surface area contributed by atoms with Gasteiger partial charge in [0.1, 0.15) is 5.75 Å². The molecule has 0 spiro atoms. The zero-order chi connectivity index (χ0) is 38.7. The molecule has 1 saturated carbocycles. The van der Waals surface area contributed by atoms with E-state index in [1.165, 1.54) is 6.07 Å². The van der Waals surface area contributed by atoms with Crippen LogP contribution in [0.15, 0.2) is 121 Å². The third-order valence-corrected chi connectivity index (χ3v) is 12.0.